The van der Waals surface area contributed by atoms with Crippen LogP contribution in [0.25, 0.3) is 11.0 Å². The number of aryl methyl sites for hydroxylation is 1. The van der Waals surface area contributed by atoms with E-state index in [4.69, 9.17) is 9.47 Å². The van der Waals surface area contributed by atoms with Crippen LogP contribution in [-0.2, 0) is 15.9 Å². The summed E-state index contributed by atoms with van der Waals surface area (Å²) in [5.41, 5.74) is 2.11. The Kier molecular flexibility index (Phi) is 6.49. The van der Waals surface area contributed by atoms with Crippen LogP contribution in [0.1, 0.15) is 50.2 Å². The van der Waals surface area contributed by atoms with Gasteiger partial charge in [-0.05, 0) is 58.2 Å². The third-order valence-corrected chi connectivity index (χ3v) is 3.40. The lowest BCUT2D eigenvalue weighted by Gasteiger charge is -2.19. The third-order valence-electron chi connectivity index (χ3n) is 3.40. The topological polar surface area (TPSA) is 90.4 Å². The van der Waals surface area contributed by atoms with Gasteiger partial charge in [-0.3, -0.25) is 4.98 Å². The van der Waals surface area contributed by atoms with Crippen molar-refractivity contribution in [2.24, 2.45) is 0 Å². The van der Waals surface area contributed by atoms with Crippen LogP contribution in [0.5, 0.6) is 0 Å². The lowest BCUT2D eigenvalue weighted by Crippen LogP contribution is -2.33. The molecular formula is C19H25N3O4. The lowest BCUT2D eigenvalue weighted by atomic mass is 10.1. The predicted molar refractivity (Wildman–Crippen MR) is 98.1 cm³/mol. The lowest BCUT2D eigenvalue weighted by molar-refractivity contribution is 0.0512. The Morgan fingerprint density at radius 2 is 1.96 bits per heavy atom. The number of rotatable bonds is 6. The van der Waals surface area contributed by atoms with Gasteiger partial charge < -0.3 is 14.8 Å². The van der Waals surface area contributed by atoms with Crippen molar-refractivity contribution in [1.82, 2.24) is 15.3 Å². The maximum atomic E-state index is 11.8. The van der Waals surface area contributed by atoms with Gasteiger partial charge in [0, 0.05) is 6.54 Å². The Bertz CT molecular complexity index is 784. The molecule has 0 unspecified atom stereocenters. The Hall–Kier alpha value is -2.70. The highest BCUT2D eigenvalue weighted by atomic mass is 16.6. The molecule has 0 aliphatic heterocycles. The van der Waals surface area contributed by atoms with Gasteiger partial charge in [0.2, 0.25) is 0 Å². The molecule has 1 aromatic heterocycles. The number of amides is 1. The van der Waals surface area contributed by atoms with E-state index >= 15 is 0 Å². The van der Waals surface area contributed by atoms with Gasteiger partial charge in [-0.15, -0.1) is 0 Å². The standard InChI is InChI=1S/C19H25N3O4/c1-5-25-17(23)16-12-21-14-9-8-13(11-15(14)22-16)7-6-10-20-18(24)26-19(2,3)4/h8-9,11-12H,5-7,10H2,1-4H3,(H,20,24). The molecule has 0 radical (unpaired) electrons. The quantitative estimate of drug-likeness (QED) is 0.629. The largest absolute Gasteiger partial charge is 0.461 e. The van der Waals surface area contributed by atoms with Crippen LogP contribution in [-0.4, -0.2) is 40.8 Å². The summed E-state index contributed by atoms with van der Waals surface area (Å²) in [5.74, 6) is -0.478. The van der Waals surface area contributed by atoms with Gasteiger partial charge in [0.05, 0.1) is 23.8 Å². The first kappa shape index (κ1) is 19.6. The maximum absolute atomic E-state index is 11.8. The summed E-state index contributed by atoms with van der Waals surface area (Å²) in [4.78, 5) is 31.9. The third kappa shape index (κ3) is 5.98. The number of fused-ring (bicyclic) bond motifs is 1. The number of alkyl carbamates (subject to hydrolysis) is 1. The number of ether oxygens (including phenoxy) is 2. The normalized spacial score (nSPS) is 11.2. The molecular weight excluding hydrogens is 334 g/mol. The van der Waals surface area contributed by atoms with Crippen molar-refractivity contribution in [2.45, 2.75) is 46.1 Å². The molecule has 0 spiro atoms. The molecule has 1 amide bonds. The average molecular weight is 359 g/mol. The number of hydrogen-bond donors (Lipinski definition) is 1. The van der Waals surface area contributed by atoms with E-state index in [0.29, 0.717) is 24.2 Å². The number of carbonyl (C=O) groups is 2. The minimum Gasteiger partial charge on any atom is -0.461 e. The fourth-order valence-corrected chi connectivity index (χ4v) is 2.31. The Morgan fingerprint density at radius 1 is 1.19 bits per heavy atom. The molecule has 0 aliphatic carbocycles. The molecule has 0 atom stereocenters. The van der Waals surface area contributed by atoms with Gasteiger partial charge in [-0.2, -0.15) is 0 Å². The van der Waals surface area contributed by atoms with Crippen LogP contribution < -0.4 is 5.32 Å². The van der Waals surface area contributed by atoms with Crippen LogP contribution >= 0.6 is 0 Å². The van der Waals surface area contributed by atoms with E-state index in [2.05, 4.69) is 15.3 Å². The summed E-state index contributed by atoms with van der Waals surface area (Å²) in [5, 5.41) is 2.73. The zero-order valence-corrected chi connectivity index (χ0v) is 15.7. The fraction of sp³-hybridized carbons (Fsp3) is 0.474. The molecule has 7 heteroatoms. The Morgan fingerprint density at radius 3 is 2.65 bits per heavy atom. The molecule has 140 valence electrons. The zero-order valence-electron chi connectivity index (χ0n) is 15.7. The molecule has 1 N–H and O–H groups in total. The zero-order chi connectivity index (χ0) is 19.2. The van der Waals surface area contributed by atoms with Crippen LogP contribution in [0.3, 0.4) is 0 Å². The second-order valence-electron chi connectivity index (χ2n) is 6.83. The van der Waals surface area contributed by atoms with Crippen LogP contribution in [0, 0.1) is 0 Å². The monoisotopic (exact) mass is 359 g/mol. The molecule has 0 bridgehead atoms. The van der Waals surface area contributed by atoms with Crippen LogP contribution in [0.4, 0.5) is 4.79 Å². The first-order valence-electron chi connectivity index (χ1n) is 8.68. The number of carbonyl (C=O) groups excluding carboxylic acids is 2. The van der Waals surface area contributed by atoms with Gasteiger partial charge in [0.1, 0.15) is 5.60 Å². The average Bonchev–Trinajstić information content (AvgIpc) is 2.56. The van der Waals surface area contributed by atoms with Crippen LogP contribution in [0.15, 0.2) is 24.4 Å². The number of aromatic nitrogens is 2. The molecule has 1 heterocycles. The summed E-state index contributed by atoms with van der Waals surface area (Å²) in [7, 11) is 0. The Labute approximate surface area is 153 Å². The van der Waals surface area contributed by atoms with Crippen molar-refractivity contribution >= 4 is 23.1 Å². The first-order chi connectivity index (χ1) is 12.3. The SMILES string of the molecule is CCOC(=O)c1cnc2ccc(CCCNC(=O)OC(C)(C)C)cc2n1. The summed E-state index contributed by atoms with van der Waals surface area (Å²) in [6, 6.07) is 5.74. The van der Waals surface area contributed by atoms with Crippen molar-refractivity contribution in [3.63, 3.8) is 0 Å². The maximum Gasteiger partial charge on any atom is 0.407 e. The molecule has 1 aromatic carbocycles. The number of esters is 1. The number of benzene rings is 1. The second-order valence-corrected chi connectivity index (χ2v) is 6.83. The van der Waals surface area contributed by atoms with Gasteiger partial charge in [0.25, 0.3) is 0 Å². The summed E-state index contributed by atoms with van der Waals surface area (Å²) >= 11 is 0. The summed E-state index contributed by atoms with van der Waals surface area (Å²) in [6.07, 6.45) is 2.53. The fourth-order valence-electron chi connectivity index (χ4n) is 2.31. The van der Waals surface area contributed by atoms with Crippen LogP contribution in [0.2, 0.25) is 0 Å². The van der Waals surface area contributed by atoms with Gasteiger partial charge in [-0.1, -0.05) is 6.07 Å². The summed E-state index contributed by atoms with van der Waals surface area (Å²) in [6.45, 7) is 8.04. The molecule has 0 saturated carbocycles. The van der Waals surface area contributed by atoms with Gasteiger partial charge in [0.15, 0.2) is 5.69 Å². The molecule has 0 aliphatic rings. The number of nitrogens with one attached hydrogen (secondary N) is 1. The van der Waals surface area contributed by atoms with Crippen molar-refractivity contribution in [3.05, 3.63) is 35.7 Å². The highest BCUT2D eigenvalue weighted by Gasteiger charge is 2.15. The van der Waals surface area contributed by atoms with E-state index in [9.17, 15) is 9.59 Å². The molecule has 26 heavy (non-hydrogen) atoms. The second kappa shape index (κ2) is 8.60. The van der Waals surface area contributed by atoms with Crippen molar-refractivity contribution < 1.29 is 19.1 Å². The molecule has 0 saturated heterocycles. The minimum atomic E-state index is -0.502. The molecule has 7 nitrogen and oxygen atoms in total. The van der Waals surface area contributed by atoms with Gasteiger partial charge >= 0.3 is 12.1 Å². The minimum absolute atomic E-state index is 0.197. The highest BCUT2D eigenvalue weighted by Crippen LogP contribution is 2.14. The Balaban J connectivity index is 1.93. The van der Waals surface area contributed by atoms with Crippen molar-refractivity contribution in [3.8, 4) is 0 Å². The van der Waals surface area contributed by atoms with E-state index in [1.807, 2.05) is 39.0 Å². The van der Waals surface area contributed by atoms with E-state index in [1.54, 1.807) is 6.92 Å². The van der Waals surface area contributed by atoms with E-state index < -0.39 is 17.7 Å². The number of hydrogen-bond acceptors (Lipinski definition) is 6. The van der Waals surface area contributed by atoms with Gasteiger partial charge in [-0.25, -0.2) is 14.6 Å². The summed E-state index contributed by atoms with van der Waals surface area (Å²) < 4.78 is 10.1. The molecule has 2 rings (SSSR count). The van der Waals surface area contributed by atoms with E-state index in [-0.39, 0.29) is 5.69 Å². The van der Waals surface area contributed by atoms with Crippen molar-refractivity contribution in [2.75, 3.05) is 13.2 Å². The number of nitrogens with zero attached hydrogens (tertiary/aromatic N) is 2. The van der Waals surface area contributed by atoms with E-state index in [0.717, 1.165) is 18.4 Å². The van der Waals surface area contributed by atoms with E-state index in [1.165, 1.54) is 6.20 Å². The highest BCUT2D eigenvalue weighted by molar-refractivity contribution is 5.89. The first-order valence-corrected chi connectivity index (χ1v) is 8.68. The molecule has 2 aromatic rings. The predicted octanol–water partition coefficient (Wildman–Crippen LogP) is 3.26. The smallest absolute Gasteiger partial charge is 0.407 e. The molecule has 0 fully saturated rings. The van der Waals surface area contributed by atoms with Crippen molar-refractivity contribution in [1.29, 1.82) is 0 Å².